The van der Waals surface area contributed by atoms with E-state index in [1.165, 1.54) is 32.1 Å². The van der Waals surface area contributed by atoms with Crippen molar-refractivity contribution in [1.29, 1.82) is 0 Å². The van der Waals surface area contributed by atoms with Gasteiger partial charge >= 0.3 is 0 Å². The topological polar surface area (TPSA) is 56.7 Å². The van der Waals surface area contributed by atoms with Gasteiger partial charge in [0.25, 0.3) is 0 Å². The lowest BCUT2D eigenvalue weighted by atomic mass is 9.95. The Kier molecular flexibility index (Phi) is 2.27. The quantitative estimate of drug-likeness (QED) is 0.796. The van der Waals surface area contributed by atoms with Gasteiger partial charge in [-0.05, 0) is 12.8 Å². The maximum atomic E-state index is 5.73. The van der Waals surface area contributed by atoms with Crippen molar-refractivity contribution < 1.29 is 0 Å². The molecule has 0 radical (unpaired) electrons. The molecule has 0 atom stereocenters. The van der Waals surface area contributed by atoms with Gasteiger partial charge in [-0.3, -0.25) is 4.68 Å². The highest BCUT2D eigenvalue weighted by molar-refractivity contribution is 5.79. The number of hydrogen-bond donors (Lipinski definition) is 1. The van der Waals surface area contributed by atoms with E-state index in [9.17, 15) is 0 Å². The lowest BCUT2D eigenvalue weighted by Crippen LogP contribution is -2.13. The Morgan fingerprint density at radius 3 is 2.81 bits per heavy atom. The molecule has 4 nitrogen and oxygen atoms in total. The summed E-state index contributed by atoms with van der Waals surface area (Å²) in [6, 6.07) is 2.48. The Morgan fingerprint density at radius 1 is 1.19 bits per heavy atom. The van der Waals surface area contributed by atoms with Crippen LogP contribution in [0.4, 0.5) is 5.82 Å². The summed E-state index contributed by atoms with van der Waals surface area (Å²) in [5.41, 5.74) is 6.85. The van der Waals surface area contributed by atoms with E-state index in [0.29, 0.717) is 11.9 Å². The molecule has 3 rings (SSSR count). The molecule has 1 aliphatic carbocycles. The third kappa shape index (κ3) is 1.54. The van der Waals surface area contributed by atoms with Gasteiger partial charge < -0.3 is 5.73 Å². The highest BCUT2D eigenvalue weighted by Crippen LogP contribution is 2.30. The number of rotatable bonds is 1. The lowest BCUT2D eigenvalue weighted by molar-refractivity contribution is 0.337. The van der Waals surface area contributed by atoms with Crippen molar-refractivity contribution in [2.75, 3.05) is 5.73 Å². The van der Waals surface area contributed by atoms with Gasteiger partial charge in [-0.2, -0.15) is 5.10 Å². The molecule has 0 aliphatic heterocycles. The zero-order chi connectivity index (χ0) is 11.0. The van der Waals surface area contributed by atoms with Gasteiger partial charge in [-0.1, -0.05) is 19.3 Å². The van der Waals surface area contributed by atoms with Crippen LogP contribution >= 0.6 is 0 Å². The predicted molar refractivity (Wildman–Crippen MR) is 64.1 cm³/mol. The summed E-state index contributed by atoms with van der Waals surface area (Å²) in [7, 11) is 0. The van der Waals surface area contributed by atoms with Crippen molar-refractivity contribution in [3.8, 4) is 0 Å². The first-order valence-corrected chi connectivity index (χ1v) is 5.93. The Balaban J connectivity index is 2.05. The van der Waals surface area contributed by atoms with Gasteiger partial charge in [-0.15, -0.1) is 0 Å². The lowest BCUT2D eigenvalue weighted by Gasteiger charge is -2.22. The molecule has 0 saturated heterocycles. The molecule has 0 aromatic carbocycles. The molecule has 0 amide bonds. The van der Waals surface area contributed by atoms with E-state index in [-0.39, 0.29) is 0 Å². The summed E-state index contributed by atoms with van der Waals surface area (Å²) in [6.45, 7) is 0. The Hall–Kier alpha value is -1.58. The van der Waals surface area contributed by atoms with E-state index in [4.69, 9.17) is 5.73 Å². The molecule has 2 N–H and O–H groups in total. The highest BCUT2D eigenvalue weighted by atomic mass is 15.3. The first kappa shape index (κ1) is 9.63. The maximum absolute atomic E-state index is 5.73. The number of anilines is 1. The van der Waals surface area contributed by atoms with Crippen molar-refractivity contribution in [3.63, 3.8) is 0 Å². The Morgan fingerprint density at radius 2 is 2.00 bits per heavy atom. The molecule has 2 aromatic rings. The van der Waals surface area contributed by atoms with Gasteiger partial charge in [0.2, 0.25) is 0 Å². The van der Waals surface area contributed by atoms with Gasteiger partial charge in [0.15, 0.2) is 0 Å². The van der Waals surface area contributed by atoms with Crippen LogP contribution in [0.3, 0.4) is 0 Å². The first-order valence-electron chi connectivity index (χ1n) is 5.93. The van der Waals surface area contributed by atoms with E-state index >= 15 is 0 Å². The van der Waals surface area contributed by atoms with Crippen LogP contribution in [-0.2, 0) is 0 Å². The number of nitrogens with zero attached hydrogens (tertiary/aromatic N) is 3. The van der Waals surface area contributed by atoms with Crippen molar-refractivity contribution >= 4 is 16.7 Å². The molecule has 2 aromatic heterocycles. The summed E-state index contributed by atoms with van der Waals surface area (Å²) in [5, 5.41) is 5.56. The minimum atomic E-state index is 0.549. The summed E-state index contributed by atoms with van der Waals surface area (Å²) < 4.78 is 2.13. The third-order valence-electron chi connectivity index (χ3n) is 3.42. The molecule has 0 bridgehead atoms. The number of fused-ring (bicyclic) bond motifs is 1. The summed E-state index contributed by atoms with van der Waals surface area (Å²) in [5.74, 6) is 0.574. The van der Waals surface area contributed by atoms with Crippen molar-refractivity contribution in [3.05, 3.63) is 18.5 Å². The van der Waals surface area contributed by atoms with E-state index < -0.39 is 0 Å². The van der Waals surface area contributed by atoms with Gasteiger partial charge in [0.1, 0.15) is 5.82 Å². The number of nitrogens with two attached hydrogens (primary N) is 1. The molecule has 1 saturated carbocycles. The summed E-state index contributed by atoms with van der Waals surface area (Å²) in [6.07, 6.45) is 10.1. The number of hydrogen-bond acceptors (Lipinski definition) is 3. The summed E-state index contributed by atoms with van der Waals surface area (Å²) in [4.78, 5) is 4.09. The fourth-order valence-corrected chi connectivity index (χ4v) is 2.57. The molecule has 0 unspecified atom stereocenters. The van der Waals surface area contributed by atoms with E-state index in [1.54, 1.807) is 6.20 Å². The van der Waals surface area contributed by atoms with E-state index in [1.807, 2.05) is 12.3 Å². The SMILES string of the molecule is Nc1cc2c(cn1)cnn2C1CCCCC1. The van der Waals surface area contributed by atoms with Crippen LogP contribution in [0.2, 0.25) is 0 Å². The van der Waals surface area contributed by atoms with Crippen LogP contribution in [0.1, 0.15) is 38.1 Å². The monoisotopic (exact) mass is 216 g/mol. The highest BCUT2D eigenvalue weighted by Gasteiger charge is 2.17. The van der Waals surface area contributed by atoms with Crippen LogP contribution in [0.5, 0.6) is 0 Å². The zero-order valence-corrected chi connectivity index (χ0v) is 9.26. The zero-order valence-electron chi connectivity index (χ0n) is 9.26. The second-order valence-electron chi connectivity index (χ2n) is 4.55. The Bertz CT molecular complexity index is 497. The second kappa shape index (κ2) is 3.77. The smallest absolute Gasteiger partial charge is 0.125 e. The minimum absolute atomic E-state index is 0.549. The largest absolute Gasteiger partial charge is 0.384 e. The predicted octanol–water partition coefficient (Wildman–Crippen LogP) is 2.52. The van der Waals surface area contributed by atoms with Crippen molar-refractivity contribution in [2.24, 2.45) is 0 Å². The summed E-state index contributed by atoms with van der Waals surface area (Å²) >= 11 is 0. The Labute approximate surface area is 94.5 Å². The molecule has 1 aliphatic rings. The maximum Gasteiger partial charge on any atom is 0.125 e. The average molecular weight is 216 g/mol. The molecule has 4 heteroatoms. The van der Waals surface area contributed by atoms with Crippen LogP contribution in [0.15, 0.2) is 18.5 Å². The van der Waals surface area contributed by atoms with Gasteiger partial charge in [0, 0.05) is 17.6 Å². The van der Waals surface area contributed by atoms with Crippen LogP contribution in [0, 0.1) is 0 Å². The van der Waals surface area contributed by atoms with E-state index in [0.717, 1.165) is 10.9 Å². The molecule has 16 heavy (non-hydrogen) atoms. The number of pyridine rings is 1. The second-order valence-corrected chi connectivity index (χ2v) is 4.55. The van der Waals surface area contributed by atoms with E-state index in [2.05, 4.69) is 14.8 Å². The number of nitrogen functional groups attached to an aromatic ring is 1. The fraction of sp³-hybridized carbons (Fsp3) is 0.500. The van der Waals surface area contributed by atoms with Crippen LogP contribution in [-0.4, -0.2) is 14.8 Å². The molecule has 1 fully saturated rings. The molecular formula is C12H16N4. The molecule has 2 heterocycles. The molecule has 0 spiro atoms. The first-order chi connectivity index (χ1) is 7.84. The third-order valence-corrected chi connectivity index (χ3v) is 3.42. The van der Waals surface area contributed by atoms with Crippen molar-refractivity contribution in [2.45, 2.75) is 38.1 Å². The normalized spacial score (nSPS) is 18.0. The molecule has 84 valence electrons. The van der Waals surface area contributed by atoms with Gasteiger partial charge in [-0.25, -0.2) is 4.98 Å². The van der Waals surface area contributed by atoms with Crippen molar-refractivity contribution in [1.82, 2.24) is 14.8 Å². The fourth-order valence-electron chi connectivity index (χ4n) is 2.57. The van der Waals surface area contributed by atoms with Crippen LogP contribution in [0.25, 0.3) is 10.9 Å². The molecular weight excluding hydrogens is 200 g/mol. The van der Waals surface area contributed by atoms with Gasteiger partial charge in [0.05, 0.1) is 17.8 Å². The standard InChI is InChI=1S/C12H16N4/c13-12-6-11-9(7-14-12)8-15-16(11)10-4-2-1-3-5-10/h6-8,10H,1-5H2,(H2,13,14). The van der Waals surface area contributed by atoms with Crippen LogP contribution < -0.4 is 5.73 Å². The number of aromatic nitrogens is 3. The minimum Gasteiger partial charge on any atom is -0.384 e. The average Bonchev–Trinajstić information content (AvgIpc) is 2.73.